The summed E-state index contributed by atoms with van der Waals surface area (Å²) in [6.07, 6.45) is 21.2. The van der Waals surface area contributed by atoms with E-state index in [0.717, 1.165) is 0 Å². The highest BCUT2D eigenvalue weighted by molar-refractivity contribution is 5.86. The molecule has 0 amide bonds. The molecule has 0 atom stereocenters. The van der Waals surface area contributed by atoms with Crippen LogP contribution in [0.5, 0.6) is 0 Å². The van der Waals surface area contributed by atoms with Gasteiger partial charge in [0.25, 0.3) is 0 Å². The lowest BCUT2D eigenvalue weighted by molar-refractivity contribution is 0.452. The van der Waals surface area contributed by atoms with Crippen LogP contribution < -0.4 is 0 Å². The van der Waals surface area contributed by atoms with E-state index in [1.54, 1.807) is 0 Å². The minimum absolute atomic E-state index is 0.0394. The summed E-state index contributed by atoms with van der Waals surface area (Å²) >= 11 is 0. The minimum atomic E-state index is -0.533. The van der Waals surface area contributed by atoms with Gasteiger partial charge in [0.1, 0.15) is 0 Å². The maximum absolute atomic E-state index is 2.49. The molecular formula is C43H46. The van der Waals surface area contributed by atoms with Crippen molar-refractivity contribution in [3.63, 3.8) is 0 Å². The topological polar surface area (TPSA) is 0 Å². The van der Waals surface area contributed by atoms with E-state index in [9.17, 15) is 0 Å². The van der Waals surface area contributed by atoms with Crippen molar-refractivity contribution < 1.29 is 0 Å². The zero-order valence-corrected chi connectivity index (χ0v) is 27.5. The summed E-state index contributed by atoms with van der Waals surface area (Å²) in [4.78, 5) is 0. The van der Waals surface area contributed by atoms with Crippen LogP contribution in [0.1, 0.15) is 73.4 Å². The second-order valence-corrected chi connectivity index (χ2v) is 15.5. The van der Waals surface area contributed by atoms with Gasteiger partial charge in [0.15, 0.2) is 0 Å². The van der Waals surface area contributed by atoms with Gasteiger partial charge in [-0.2, -0.15) is 0 Å². The Kier molecular flexibility index (Phi) is 7.63. The van der Waals surface area contributed by atoms with Gasteiger partial charge in [0.05, 0.1) is 0 Å². The Morgan fingerprint density at radius 3 is 1.26 bits per heavy atom. The molecule has 2 aromatic rings. The summed E-state index contributed by atoms with van der Waals surface area (Å²) in [6, 6.07) is 22.5. The molecule has 0 heterocycles. The SMILES string of the molecule is CC(C)(C)[C]1[CH][CH][C](C([C]2[C]3[C](C=CC=C3C(C)(C)C)[C]3C=CC=C(C(C)(C)C)[C]32)(c2ccccc2)c2ccccc2)[CH]1. The average molecular weight is 563 g/mol. The van der Waals surface area contributed by atoms with Crippen molar-refractivity contribution in [1.29, 1.82) is 0 Å². The van der Waals surface area contributed by atoms with Crippen molar-refractivity contribution >= 4 is 0 Å². The summed E-state index contributed by atoms with van der Waals surface area (Å²) in [5.74, 6) is 9.60. The molecule has 218 valence electrons. The predicted octanol–water partition coefficient (Wildman–Crippen LogP) is 10.8. The van der Waals surface area contributed by atoms with Crippen LogP contribution in [0.15, 0.2) is 108 Å². The number of hydrogen-bond donors (Lipinski definition) is 0. The second-order valence-electron chi connectivity index (χ2n) is 15.5. The van der Waals surface area contributed by atoms with Crippen LogP contribution in [-0.2, 0) is 5.41 Å². The lowest BCUT2D eigenvalue weighted by Crippen LogP contribution is -2.46. The molecule has 2 saturated carbocycles. The summed E-state index contributed by atoms with van der Waals surface area (Å²) in [5, 5.41) is 0. The summed E-state index contributed by atoms with van der Waals surface area (Å²) in [5.41, 5.74) is 4.83. The van der Waals surface area contributed by atoms with E-state index < -0.39 is 5.41 Å². The maximum Gasteiger partial charge on any atom is 0.0351 e. The number of allylic oxidation sites excluding steroid dienone is 8. The van der Waals surface area contributed by atoms with Crippen LogP contribution in [0.2, 0.25) is 0 Å². The Balaban J connectivity index is 1.70. The van der Waals surface area contributed by atoms with Crippen molar-refractivity contribution in [1.82, 2.24) is 0 Å². The summed E-state index contributed by atoms with van der Waals surface area (Å²) in [6.45, 7) is 21.1. The van der Waals surface area contributed by atoms with Gasteiger partial charge >= 0.3 is 0 Å². The molecule has 2 fully saturated rings. The van der Waals surface area contributed by atoms with E-state index in [2.05, 4.69) is 179 Å². The van der Waals surface area contributed by atoms with Gasteiger partial charge in [-0.25, -0.2) is 0 Å². The first-order chi connectivity index (χ1) is 20.3. The highest BCUT2D eigenvalue weighted by Crippen LogP contribution is 2.73. The number of benzene rings is 2. The quantitative estimate of drug-likeness (QED) is 0.348. The monoisotopic (exact) mass is 562 g/mol. The third kappa shape index (κ3) is 5.06. The van der Waals surface area contributed by atoms with E-state index in [1.165, 1.54) is 63.7 Å². The first-order valence-corrected chi connectivity index (χ1v) is 15.8. The molecule has 6 rings (SSSR count). The van der Waals surface area contributed by atoms with Crippen molar-refractivity contribution in [2.45, 2.75) is 67.7 Å². The first-order valence-electron chi connectivity index (χ1n) is 15.8. The number of hydrogen-bond acceptors (Lipinski definition) is 0. The van der Waals surface area contributed by atoms with Crippen LogP contribution in [0.3, 0.4) is 0 Å². The van der Waals surface area contributed by atoms with Crippen LogP contribution in [-0.4, -0.2) is 0 Å². The Hall–Kier alpha value is -2.60. The molecule has 43 heavy (non-hydrogen) atoms. The second kappa shape index (κ2) is 10.8. The molecule has 0 aromatic heterocycles. The minimum Gasteiger partial charge on any atom is -0.0755 e. The van der Waals surface area contributed by atoms with E-state index >= 15 is 0 Å². The molecule has 0 aliphatic heterocycles. The fourth-order valence-corrected chi connectivity index (χ4v) is 7.29. The van der Waals surface area contributed by atoms with Crippen LogP contribution >= 0.6 is 0 Å². The predicted molar refractivity (Wildman–Crippen MR) is 182 cm³/mol. The molecule has 0 N–H and O–H groups in total. The van der Waals surface area contributed by atoms with Crippen molar-refractivity contribution in [3.05, 3.63) is 180 Å². The Labute approximate surface area is 263 Å². The van der Waals surface area contributed by atoms with Crippen molar-refractivity contribution in [3.8, 4) is 0 Å². The molecule has 0 bridgehead atoms. The standard InChI is InChI=1S/C43H46/c1-40(2,3)31-26-27-32(28-31)43(29-18-12-10-13-19-29,30-20-14-11-15-21-30)39-37-33(22-16-24-35(37)41(4,5)6)34-23-17-25-36(38(34)39)42(7,8)9/h10-28H,1-9H3. The van der Waals surface area contributed by atoms with E-state index in [1.807, 2.05) is 0 Å². The smallest absolute Gasteiger partial charge is 0.0351 e. The normalized spacial score (nSPS) is 22.2. The Morgan fingerprint density at radius 1 is 0.465 bits per heavy atom. The third-order valence-corrected chi connectivity index (χ3v) is 9.38. The number of fused-ring (bicyclic) bond motifs is 3. The molecule has 2 aromatic carbocycles. The third-order valence-electron chi connectivity index (χ3n) is 9.38. The van der Waals surface area contributed by atoms with Crippen LogP contribution in [0.25, 0.3) is 0 Å². The van der Waals surface area contributed by atoms with Gasteiger partial charge in [-0.05, 0) is 58.5 Å². The van der Waals surface area contributed by atoms with E-state index in [-0.39, 0.29) is 16.2 Å². The molecule has 0 saturated heterocycles. The van der Waals surface area contributed by atoms with Crippen LogP contribution in [0, 0.1) is 76.9 Å². The molecule has 0 nitrogen and oxygen atoms in total. The fraction of sp³-hybridized carbons (Fsp3) is 0.302. The van der Waals surface area contributed by atoms with E-state index in [0.29, 0.717) is 0 Å². The van der Waals surface area contributed by atoms with Gasteiger partial charge in [0, 0.05) is 35.0 Å². The molecule has 0 heteroatoms. The van der Waals surface area contributed by atoms with E-state index in [4.69, 9.17) is 0 Å². The largest absolute Gasteiger partial charge is 0.0755 e. The lowest BCUT2D eigenvalue weighted by Gasteiger charge is -2.51. The fourth-order valence-electron chi connectivity index (χ4n) is 7.29. The molecular weight excluding hydrogens is 516 g/mol. The molecule has 4 aliphatic rings. The zero-order valence-electron chi connectivity index (χ0n) is 27.5. The number of rotatable bonds is 4. The van der Waals surface area contributed by atoms with Gasteiger partial charge in [0.2, 0.25) is 0 Å². The van der Waals surface area contributed by atoms with Crippen molar-refractivity contribution in [2.24, 2.45) is 16.2 Å². The molecule has 0 spiro atoms. The van der Waals surface area contributed by atoms with Gasteiger partial charge in [-0.15, -0.1) is 0 Å². The maximum atomic E-state index is 2.49. The molecule has 10 radical (unpaired) electrons. The van der Waals surface area contributed by atoms with Crippen molar-refractivity contribution in [2.75, 3.05) is 0 Å². The highest BCUT2D eigenvalue weighted by atomic mass is 14.7. The van der Waals surface area contributed by atoms with Gasteiger partial charge in [-0.1, -0.05) is 171 Å². The first kappa shape index (κ1) is 30.4. The van der Waals surface area contributed by atoms with Gasteiger partial charge in [-0.3, -0.25) is 0 Å². The lowest BCUT2D eigenvalue weighted by atomic mass is 9.50. The Morgan fingerprint density at radius 2 is 0.884 bits per heavy atom. The summed E-state index contributed by atoms with van der Waals surface area (Å²) in [7, 11) is 0. The highest BCUT2D eigenvalue weighted by Gasteiger charge is 2.66. The van der Waals surface area contributed by atoms with Gasteiger partial charge < -0.3 is 0 Å². The molecule has 0 unspecified atom stereocenters. The zero-order chi connectivity index (χ0) is 30.8. The molecule has 4 aliphatic carbocycles. The van der Waals surface area contributed by atoms with Crippen LogP contribution in [0.4, 0.5) is 0 Å². The average Bonchev–Trinajstić information content (AvgIpc) is 3.59. The summed E-state index contributed by atoms with van der Waals surface area (Å²) < 4.78 is 0. The Bertz CT molecular complexity index is 1320.